The summed E-state index contributed by atoms with van der Waals surface area (Å²) in [4.78, 5) is 12.9. The van der Waals surface area contributed by atoms with Gasteiger partial charge in [-0.1, -0.05) is 13.0 Å². The molecular formula is C12H16O3S2. The minimum Gasteiger partial charge on any atom is -0.478 e. The number of methoxy groups -OCH3 is 1. The molecular weight excluding hydrogens is 256 g/mol. The predicted molar refractivity (Wildman–Crippen MR) is 72.4 cm³/mol. The Labute approximate surface area is 110 Å². The van der Waals surface area contributed by atoms with E-state index in [2.05, 4.69) is 0 Å². The lowest BCUT2D eigenvalue weighted by Gasteiger charge is -2.10. The molecule has 0 radical (unpaired) electrons. The van der Waals surface area contributed by atoms with Gasteiger partial charge in [-0.3, -0.25) is 0 Å². The third kappa shape index (κ3) is 4.26. The van der Waals surface area contributed by atoms with Crippen LogP contribution in [0.1, 0.15) is 17.3 Å². The smallest absolute Gasteiger partial charge is 0.337 e. The number of hydrogen-bond acceptors (Lipinski definition) is 4. The highest BCUT2D eigenvalue weighted by atomic mass is 32.2. The maximum absolute atomic E-state index is 11.3. The minimum atomic E-state index is -0.860. The number of carboxylic acids is 1. The summed E-state index contributed by atoms with van der Waals surface area (Å²) in [5, 5.41) is 9.27. The Morgan fingerprint density at radius 3 is 2.53 bits per heavy atom. The molecule has 17 heavy (non-hydrogen) atoms. The van der Waals surface area contributed by atoms with Crippen LogP contribution in [0.4, 0.5) is 0 Å². The lowest BCUT2D eigenvalue weighted by Crippen LogP contribution is -2.02. The molecule has 0 saturated carbocycles. The number of hydrogen-bond donors (Lipinski definition) is 1. The average molecular weight is 272 g/mol. The Bertz CT molecular complexity index is 380. The Hall–Kier alpha value is -0.650. The van der Waals surface area contributed by atoms with Gasteiger partial charge in [-0.15, -0.1) is 23.5 Å². The van der Waals surface area contributed by atoms with Crippen LogP contribution >= 0.6 is 23.5 Å². The molecule has 0 heterocycles. The van der Waals surface area contributed by atoms with Gasteiger partial charge in [-0.25, -0.2) is 4.79 Å². The van der Waals surface area contributed by atoms with E-state index in [-0.39, 0.29) is 0 Å². The SMILES string of the molecule is CCSc1cccc(SCCOC)c1C(=O)O. The van der Waals surface area contributed by atoms with Crippen LogP contribution in [0, 0.1) is 0 Å². The van der Waals surface area contributed by atoms with Crippen LogP contribution in [-0.2, 0) is 4.74 Å². The maximum Gasteiger partial charge on any atom is 0.337 e. The number of benzene rings is 1. The number of carbonyl (C=O) groups is 1. The summed E-state index contributed by atoms with van der Waals surface area (Å²) in [6, 6.07) is 5.61. The third-order valence-corrected chi connectivity index (χ3v) is 4.01. The number of ether oxygens (including phenoxy) is 1. The highest BCUT2D eigenvalue weighted by Crippen LogP contribution is 2.31. The first-order valence-corrected chi connectivity index (χ1v) is 7.28. The van der Waals surface area contributed by atoms with Crippen LogP contribution in [0.15, 0.2) is 28.0 Å². The molecule has 0 fully saturated rings. The van der Waals surface area contributed by atoms with Gasteiger partial charge in [-0.2, -0.15) is 0 Å². The molecule has 1 aromatic rings. The molecule has 1 aromatic carbocycles. The van der Waals surface area contributed by atoms with Crippen LogP contribution < -0.4 is 0 Å². The fourth-order valence-corrected chi connectivity index (χ4v) is 3.23. The van der Waals surface area contributed by atoms with Crippen LogP contribution in [0.25, 0.3) is 0 Å². The van der Waals surface area contributed by atoms with Crippen molar-refractivity contribution in [1.82, 2.24) is 0 Å². The monoisotopic (exact) mass is 272 g/mol. The van der Waals surface area contributed by atoms with E-state index in [1.165, 1.54) is 11.8 Å². The zero-order valence-corrected chi connectivity index (χ0v) is 11.6. The fourth-order valence-electron chi connectivity index (χ4n) is 1.35. The van der Waals surface area contributed by atoms with Crippen molar-refractivity contribution in [1.29, 1.82) is 0 Å². The van der Waals surface area contributed by atoms with Crippen molar-refractivity contribution < 1.29 is 14.6 Å². The maximum atomic E-state index is 11.3. The second-order valence-electron chi connectivity index (χ2n) is 3.21. The van der Waals surface area contributed by atoms with Crippen LogP contribution in [0.5, 0.6) is 0 Å². The first-order valence-electron chi connectivity index (χ1n) is 5.31. The molecule has 0 aliphatic rings. The summed E-state index contributed by atoms with van der Waals surface area (Å²) < 4.78 is 4.97. The summed E-state index contributed by atoms with van der Waals surface area (Å²) in [5.74, 6) is 0.769. The quantitative estimate of drug-likeness (QED) is 0.610. The third-order valence-electron chi connectivity index (χ3n) is 2.05. The largest absolute Gasteiger partial charge is 0.478 e. The molecule has 0 aliphatic heterocycles. The molecule has 5 heteroatoms. The molecule has 0 atom stereocenters. The van der Waals surface area contributed by atoms with E-state index in [1.54, 1.807) is 18.9 Å². The van der Waals surface area contributed by atoms with E-state index in [1.807, 2.05) is 25.1 Å². The number of thioether (sulfide) groups is 2. The lowest BCUT2D eigenvalue weighted by molar-refractivity contribution is 0.0689. The summed E-state index contributed by atoms with van der Waals surface area (Å²) in [6.45, 7) is 2.63. The standard InChI is InChI=1S/C12H16O3S2/c1-3-16-9-5-4-6-10(11(9)12(13)14)17-8-7-15-2/h4-6H,3,7-8H2,1-2H3,(H,13,14). The van der Waals surface area contributed by atoms with Crippen LogP contribution in [-0.4, -0.2) is 36.3 Å². The van der Waals surface area contributed by atoms with E-state index >= 15 is 0 Å². The zero-order chi connectivity index (χ0) is 12.7. The molecule has 0 spiro atoms. The average Bonchev–Trinajstić information content (AvgIpc) is 2.29. The first kappa shape index (κ1) is 14.4. The molecule has 0 bridgehead atoms. The molecule has 0 amide bonds. The summed E-state index contributed by atoms with van der Waals surface area (Å²) in [5.41, 5.74) is 0.417. The second-order valence-corrected chi connectivity index (χ2v) is 5.65. The van der Waals surface area contributed by atoms with Crippen LogP contribution in [0.2, 0.25) is 0 Å². The van der Waals surface area contributed by atoms with Crippen LogP contribution in [0.3, 0.4) is 0 Å². The Morgan fingerprint density at radius 2 is 2.00 bits per heavy atom. The van der Waals surface area contributed by atoms with Gasteiger partial charge in [0.1, 0.15) is 0 Å². The van der Waals surface area contributed by atoms with Crippen molar-refractivity contribution in [2.45, 2.75) is 16.7 Å². The van der Waals surface area contributed by atoms with E-state index in [4.69, 9.17) is 4.74 Å². The van der Waals surface area contributed by atoms with Gasteiger partial charge in [-0.05, 0) is 17.9 Å². The van der Waals surface area contributed by atoms with E-state index < -0.39 is 5.97 Å². The van der Waals surface area contributed by atoms with Crippen molar-refractivity contribution in [2.75, 3.05) is 25.2 Å². The number of rotatable bonds is 7. The molecule has 94 valence electrons. The van der Waals surface area contributed by atoms with Crippen molar-refractivity contribution in [3.8, 4) is 0 Å². The van der Waals surface area contributed by atoms with Gasteiger partial charge in [0, 0.05) is 22.7 Å². The highest BCUT2D eigenvalue weighted by molar-refractivity contribution is 8.00. The fraction of sp³-hybridized carbons (Fsp3) is 0.417. The summed E-state index contributed by atoms with van der Waals surface area (Å²) >= 11 is 3.08. The Balaban J connectivity index is 2.94. The summed E-state index contributed by atoms with van der Waals surface area (Å²) in [6.07, 6.45) is 0. The molecule has 3 nitrogen and oxygen atoms in total. The topological polar surface area (TPSA) is 46.5 Å². The van der Waals surface area contributed by atoms with Gasteiger partial charge in [0.15, 0.2) is 0 Å². The number of aromatic carboxylic acids is 1. The van der Waals surface area contributed by atoms with Gasteiger partial charge < -0.3 is 9.84 Å². The molecule has 1 rings (SSSR count). The Kier molecular flexibility index (Phi) is 6.47. The molecule has 0 aliphatic carbocycles. The Morgan fingerprint density at radius 1 is 1.35 bits per heavy atom. The first-order chi connectivity index (χ1) is 8.20. The lowest BCUT2D eigenvalue weighted by atomic mass is 10.2. The predicted octanol–water partition coefficient (Wildman–Crippen LogP) is 3.24. The van der Waals surface area contributed by atoms with Crippen molar-refractivity contribution in [3.63, 3.8) is 0 Å². The molecule has 1 N–H and O–H groups in total. The number of carboxylic acid groups (broad SMARTS) is 1. The van der Waals surface area contributed by atoms with Gasteiger partial charge >= 0.3 is 5.97 Å². The van der Waals surface area contributed by atoms with E-state index in [0.717, 1.165) is 21.3 Å². The summed E-state index contributed by atoms with van der Waals surface area (Å²) in [7, 11) is 1.64. The van der Waals surface area contributed by atoms with Crippen molar-refractivity contribution in [3.05, 3.63) is 23.8 Å². The van der Waals surface area contributed by atoms with Gasteiger partial charge in [0.25, 0.3) is 0 Å². The molecule has 0 saturated heterocycles. The van der Waals surface area contributed by atoms with Crippen molar-refractivity contribution >= 4 is 29.5 Å². The second kappa shape index (κ2) is 7.63. The molecule has 0 aromatic heterocycles. The highest BCUT2D eigenvalue weighted by Gasteiger charge is 2.15. The van der Waals surface area contributed by atoms with Crippen molar-refractivity contribution in [2.24, 2.45) is 0 Å². The van der Waals surface area contributed by atoms with E-state index in [9.17, 15) is 9.90 Å². The molecule has 0 unspecified atom stereocenters. The zero-order valence-electron chi connectivity index (χ0n) is 9.93. The minimum absolute atomic E-state index is 0.417. The van der Waals surface area contributed by atoms with Gasteiger partial charge in [0.2, 0.25) is 0 Å². The van der Waals surface area contributed by atoms with Gasteiger partial charge in [0.05, 0.1) is 12.2 Å². The normalized spacial score (nSPS) is 10.5. The van der Waals surface area contributed by atoms with E-state index in [0.29, 0.717) is 12.2 Å².